The lowest BCUT2D eigenvalue weighted by molar-refractivity contribution is -0.137. The Hall–Kier alpha value is -3.09. The van der Waals surface area contributed by atoms with E-state index in [1.165, 1.54) is 25.1 Å². The molecule has 0 aromatic heterocycles. The SMILES string of the molecule is CC(=O)Nc1ccc(/C=C/C(=O)Nc2ccc(C(F)(F)F)cc2)cc1. The molecule has 2 rings (SSSR count). The maximum absolute atomic E-state index is 12.5. The molecule has 25 heavy (non-hydrogen) atoms. The minimum Gasteiger partial charge on any atom is -0.326 e. The van der Waals surface area contributed by atoms with E-state index in [1.807, 2.05) is 0 Å². The van der Waals surface area contributed by atoms with Gasteiger partial charge in [0.15, 0.2) is 0 Å². The molecule has 0 atom stereocenters. The van der Waals surface area contributed by atoms with Crippen LogP contribution in [0.5, 0.6) is 0 Å². The fraction of sp³-hybridized carbons (Fsp3) is 0.111. The predicted molar refractivity (Wildman–Crippen MR) is 89.9 cm³/mol. The molecule has 0 aliphatic heterocycles. The summed E-state index contributed by atoms with van der Waals surface area (Å²) in [4.78, 5) is 22.7. The number of anilines is 2. The first-order valence-corrected chi connectivity index (χ1v) is 7.28. The Morgan fingerprint density at radius 3 is 1.92 bits per heavy atom. The predicted octanol–water partition coefficient (Wildman–Crippen LogP) is 4.32. The van der Waals surface area contributed by atoms with Crippen molar-refractivity contribution in [2.24, 2.45) is 0 Å². The van der Waals surface area contributed by atoms with Gasteiger partial charge in [0.25, 0.3) is 0 Å². The topological polar surface area (TPSA) is 58.2 Å². The van der Waals surface area contributed by atoms with Crippen LogP contribution in [0.1, 0.15) is 18.1 Å². The number of halogens is 3. The molecule has 2 N–H and O–H groups in total. The van der Waals surface area contributed by atoms with E-state index in [0.29, 0.717) is 5.69 Å². The first-order chi connectivity index (χ1) is 11.7. The molecule has 2 aromatic carbocycles. The van der Waals surface area contributed by atoms with Gasteiger partial charge < -0.3 is 10.6 Å². The quantitative estimate of drug-likeness (QED) is 0.809. The van der Waals surface area contributed by atoms with Gasteiger partial charge in [0, 0.05) is 24.4 Å². The lowest BCUT2D eigenvalue weighted by Gasteiger charge is -2.07. The van der Waals surface area contributed by atoms with E-state index in [1.54, 1.807) is 30.3 Å². The summed E-state index contributed by atoms with van der Waals surface area (Å²) in [5, 5.41) is 5.10. The van der Waals surface area contributed by atoms with Gasteiger partial charge in [-0.2, -0.15) is 13.2 Å². The summed E-state index contributed by atoms with van der Waals surface area (Å²) >= 11 is 0. The molecule has 0 radical (unpaired) electrons. The van der Waals surface area contributed by atoms with Gasteiger partial charge in [-0.25, -0.2) is 0 Å². The average Bonchev–Trinajstić information content (AvgIpc) is 2.53. The van der Waals surface area contributed by atoms with Gasteiger partial charge in [-0.05, 0) is 48.0 Å². The molecule has 0 aliphatic carbocycles. The maximum Gasteiger partial charge on any atom is 0.416 e. The summed E-state index contributed by atoms with van der Waals surface area (Å²) in [6, 6.07) is 11.0. The molecule has 2 aromatic rings. The summed E-state index contributed by atoms with van der Waals surface area (Å²) in [5.41, 5.74) is 0.861. The van der Waals surface area contributed by atoms with Gasteiger partial charge in [0.05, 0.1) is 5.56 Å². The Labute approximate surface area is 142 Å². The second-order valence-corrected chi connectivity index (χ2v) is 5.20. The number of hydrogen-bond donors (Lipinski definition) is 2. The molecule has 0 unspecified atom stereocenters. The van der Waals surface area contributed by atoms with E-state index in [-0.39, 0.29) is 11.6 Å². The highest BCUT2D eigenvalue weighted by Crippen LogP contribution is 2.29. The lowest BCUT2D eigenvalue weighted by Crippen LogP contribution is -2.09. The van der Waals surface area contributed by atoms with Crippen LogP contribution in [-0.4, -0.2) is 11.8 Å². The van der Waals surface area contributed by atoms with E-state index in [9.17, 15) is 22.8 Å². The van der Waals surface area contributed by atoms with Gasteiger partial charge in [0.1, 0.15) is 0 Å². The van der Waals surface area contributed by atoms with Crippen molar-refractivity contribution in [1.29, 1.82) is 0 Å². The molecule has 2 amide bonds. The Bertz CT molecular complexity index is 779. The zero-order valence-corrected chi connectivity index (χ0v) is 13.2. The molecule has 0 bridgehead atoms. The number of alkyl halides is 3. The standard InChI is InChI=1S/C18H15F3N2O2/c1-12(24)22-15-7-2-13(3-8-15)4-11-17(25)23-16-9-5-14(6-10-16)18(19,20)21/h2-11H,1H3,(H,22,24)(H,23,25)/b11-4+. The monoisotopic (exact) mass is 348 g/mol. The van der Waals surface area contributed by atoms with Gasteiger partial charge in [-0.3, -0.25) is 9.59 Å². The number of benzene rings is 2. The molecule has 0 fully saturated rings. The third-order valence-electron chi connectivity index (χ3n) is 3.14. The third-order valence-corrected chi connectivity index (χ3v) is 3.14. The molecule has 0 spiro atoms. The highest BCUT2D eigenvalue weighted by atomic mass is 19.4. The van der Waals surface area contributed by atoms with Crippen molar-refractivity contribution in [3.63, 3.8) is 0 Å². The lowest BCUT2D eigenvalue weighted by atomic mass is 10.2. The number of nitrogens with one attached hydrogen (secondary N) is 2. The molecule has 0 saturated carbocycles. The largest absolute Gasteiger partial charge is 0.416 e. The average molecular weight is 348 g/mol. The third kappa shape index (κ3) is 5.80. The van der Waals surface area contributed by atoms with E-state index in [0.717, 1.165) is 17.7 Å². The van der Waals surface area contributed by atoms with Crippen molar-refractivity contribution in [2.45, 2.75) is 13.1 Å². The molecule has 0 heterocycles. The van der Waals surface area contributed by atoms with E-state index >= 15 is 0 Å². The maximum atomic E-state index is 12.5. The van der Waals surface area contributed by atoms with Crippen LogP contribution in [0.4, 0.5) is 24.5 Å². The van der Waals surface area contributed by atoms with Crippen LogP contribution in [0.2, 0.25) is 0 Å². The zero-order chi connectivity index (χ0) is 18.4. The van der Waals surface area contributed by atoms with Crippen molar-refractivity contribution in [3.8, 4) is 0 Å². The molecule has 7 heteroatoms. The Kier molecular flexibility index (Phi) is 5.59. The molecule has 0 saturated heterocycles. The molecule has 130 valence electrons. The minimum absolute atomic E-state index is 0.181. The minimum atomic E-state index is -4.41. The van der Waals surface area contributed by atoms with Crippen molar-refractivity contribution >= 4 is 29.3 Å². The summed E-state index contributed by atoms with van der Waals surface area (Å²) in [6.45, 7) is 1.40. The van der Waals surface area contributed by atoms with Gasteiger partial charge in [-0.1, -0.05) is 12.1 Å². The van der Waals surface area contributed by atoms with Crippen LogP contribution in [0.25, 0.3) is 6.08 Å². The Morgan fingerprint density at radius 1 is 0.880 bits per heavy atom. The number of carbonyl (C=O) groups is 2. The van der Waals surface area contributed by atoms with Gasteiger partial charge in [-0.15, -0.1) is 0 Å². The molecular weight excluding hydrogens is 333 g/mol. The van der Waals surface area contributed by atoms with E-state index < -0.39 is 17.6 Å². The Morgan fingerprint density at radius 2 is 1.40 bits per heavy atom. The van der Waals surface area contributed by atoms with Crippen molar-refractivity contribution < 1.29 is 22.8 Å². The number of amides is 2. The fourth-order valence-electron chi connectivity index (χ4n) is 1.98. The number of rotatable bonds is 4. The number of hydrogen-bond acceptors (Lipinski definition) is 2. The van der Waals surface area contributed by atoms with Gasteiger partial charge in [0.2, 0.25) is 11.8 Å². The van der Waals surface area contributed by atoms with Crippen LogP contribution in [0.15, 0.2) is 54.6 Å². The van der Waals surface area contributed by atoms with Crippen LogP contribution >= 0.6 is 0 Å². The fourth-order valence-corrected chi connectivity index (χ4v) is 1.98. The van der Waals surface area contributed by atoms with Crippen LogP contribution < -0.4 is 10.6 Å². The highest BCUT2D eigenvalue weighted by Gasteiger charge is 2.29. The van der Waals surface area contributed by atoms with E-state index in [2.05, 4.69) is 10.6 Å². The Balaban J connectivity index is 1.95. The van der Waals surface area contributed by atoms with Crippen molar-refractivity contribution in [2.75, 3.05) is 10.6 Å². The first-order valence-electron chi connectivity index (χ1n) is 7.28. The van der Waals surface area contributed by atoms with Gasteiger partial charge >= 0.3 is 6.18 Å². The normalized spacial score (nSPS) is 11.4. The summed E-state index contributed by atoms with van der Waals surface area (Å²) in [7, 11) is 0. The second-order valence-electron chi connectivity index (χ2n) is 5.20. The second kappa shape index (κ2) is 7.65. The zero-order valence-electron chi connectivity index (χ0n) is 13.2. The number of carbonyl (C=O) groups excluding carboxylic acids is 2. The van der Waals surface area contributed by atoms with Crippen LogP contribution in [-0.2, 0) is 15.8 Å². The molecule has 0 aliphatic rings. The molecule has 4 nitrogen and oxygen atoms in total. The van der Waals surface area contributed by atoms with Crippen molar-refractivity contribution in [3.05, 3.63) is 65.7 Å². The summed E-state index contributed by atoms with van der Waals surface area (Å²) < 4.78 is 37.4. The van der Waals surface area contributed by atoms with Crippen molar-refractivity contribution in [1.82, 2.24) is 0 Å². The highest BCUT2D eigenvalue weighted by molar-refractivity contribution is 6.02. The summed E-state index contributed by atoms with van der Waals surface area (Å²) in [5.74, 6) is -0.648. The van der Waals surface area contributed by atoms with E-state index in [4.69, 9.17) is 0 Å². The summed E-state index contributed by atoms with van der Waals surface area (Å²) in [6.07, 6.45) is -1.59. The smallest absolute Gasteiger partial charge is 0.326 e. The first kappa shape index (κ1) is 18.3. The van der Waals surface area contributed by atoms with Crippen LogP contribution in [0.3, 0.4) is 0 Å². The molecular formula is C18H15F3N2O2. The van der Waals surface area contributed by atoms with Crippen LogP contribution in [0, 0.1) is 0 Å².